The first-order valence-electron chi connectivity index (χ1n) is 6.66. The second-order valence-electron chi connectivity index (χ2n) is 5.69. The number of hydrogen-bond donors (Lipinski definition) is 2. The van der Waals surface area contributed by atoms with Crippen LogP contribution in [0.25, 0.3) is 0 Å². The SMILES string of the molecule is COc1cccc(C(C)(C)CNC(=O)C2CNC2)c1.Cl. The summed E-state index contributed by atoms with van der Waals surface area (Å²) in [5.74, 6) is 1.14. The fourth-order valence-electron chi connectivity index (χ4n) is 2.07. The molecule has 1 amide bonds. The minimum absolute atomic E-state index is 0. The molecule has 1 aliphatic rings. The highest BCUT2D eigenvalue weighted by molar-refractivity contribution is 5.85. The lowest BCUT2D eigenvalue weighted by molar-refractivity contribution is -0.126. The van der Waals surface area contributed by atoms with Gasteiger partial charge in [-0.2, -0.15) is 0 Å². The third kappa shape index (κ3) is 3.87. The van der Waals surface area contributed by atoms with Crippen LogP contribution in [0, 0.1) is 5.92 Å². The Hall–Kier alpha value is -1.26. The third-order valence-corrected chi connectivity index (χ3v) is 3.71. The topological polar surface area (TPSA) is 50.4 Å². The normalized spacial score (nSPS) is 14.9. The van der Waals surface area contributed by atoms with E-state index in [2.05, 4.69) is 30.5 Å². The van der Waals surface area contributed by atoms with Gasteiger partial charge in [-0.25, -0.2) is 0 Å². The van der Waals surface area contributed by atoms with Crippen molar-refractivity contribution in [1.29, 1.82) is 0 Å². The van der Waals surface area contributed by atoms with Gasteiger partial charge in [-0.15, -0.1) is 12.4 Å². The minimum Gasteiger partial charge on any atom is -0.497 e. The fraction of sp³-hybridized carbons (Fsp3) is 0.533. The summed E-state index contributed by atoms with van der Waals surface area (Å²) in [4.78, 5) is 11.9. The van der Waals surface area contributed by atoms with E-state index in [0.29, 0.717) is 6.54 Å². The van der Waals surface area contributed by atoms with Crippen molar-refractivity contribution in [2.75, 3.05) is 26.7 Å². The van der Waals surface area contributed by atoms with Crippen molar-refractivity contribution in [2.45, 2.75) is 19.3 Å². The highest BCUT2D eigenvalue weighted by Gasteiger charge is 2.27. The van der Waals surface area contributed by atoms with Crippen LogP contribution >= 0.6 is 12.4 Å². The molecule has 1 aromatic carbocycles. The largest absolute Gasteiger partial charge is 0.497 e. The number of hydrogen-bond acceptors (Lipinski definition) is 3. The first kappa shape index (κ1) is 16.8. The molecule has 2 rings (SSSR count). The molecule has 0 aliphatic carbocycles. The van der Waals surface area contributed by atoms with Crippen LogP contribution in [0.2, 0.25) is 0 Å². The molecule has 0 atom stereocenters. The number of amides is 1. The Morgan fingerprint density at radius 1 is 1.45 bits per heavy atom. The second kappa shape index (κ2) is 6.95. The van der Waals surface area contributed by atoms with Crippen LogP contribution in [0.15, 0.2) is 24.3 Å². The zero-order chi connectivity index (χ0) is 13.9. The Labute approximate surface area is 126 Å². The van der Waals surface area contributed by atoms with E-state index in [1.54, 1.807) is 7.11 Å². The van der Waals surface area contributed by atoms with Gasteiger partial charge in [0.05, 0.1) is 13.0 Å². The molecule has 20 heavy (non-hydrogen) atoms. The number of ether oxygens (including phenoxy) is 1. The Morgan fingerprint density at radius 3 is 2.70 bits per heavy atom. The summed E-state index contributed by atoms with van der Waals surface area (Å²) in [7, 11) is 1.66. The van der Waals surface area contributed by atoms with E-state index in [9.17, 15) is 4.79 Å². The van der Waals surface area contributed by atoms with E-state index in [1.165, 1.54) is 5.56 Å². The molecule has 1 saturated heterocycles. The summed E-state index contributed by atoms with van der Waals surface area (Å²) in [6.45, 7) is 6.48. The van der Waals surface area contributed by atoms with Gasteiger partial charge in [0.25, 0.3) is 0 Å². The van der Waals surface area contributed by atoms with Crippen molar-refractivity contribution < 1.29 is 9.53 Å². The number of benzene rings is 1. The molecule has 0 spiro atoms. The molecule has 0 radical (unpaired) electrons. The zero-order valence-corrected chi connectivity index (χ0v) is 13.0. The lowest BCUT2D eigenvalue weighted by atomic mass is 9.84. The van der Waals surface area contributed by atoms with Gasteiger partial charge >= 0.3 is 0 Å². The van der Waals surface area contributed by atoms with Crippen molar-refractivity contribution in [2.24, 2.45) is 5.92 Å². The molecule has 0 unspecified atom stereocenters. The van der Waals surface area contributed by atoms with Crippen LogP contribution in [-0.2, 0) is 10.2 Å². The van der Waals surface area contributed by atoms with Gasteiger partial charge in [0.1, 0.15) is 5.75 Å². The molecular weight excluding hydrogens is 276 g/mol. The van der Waals surface area contributed by atoms with Crippen molar-refractivity contribution >= 4 is 18.3 Å². The molecule has 5 heteroatoms. The smallest absolute Gasteiger partial charge is 0.225 e. The molecular formula is C15H23ClN2O2. The molecule has 4 nitrogen and oxygen atoms in total. The average Bonchev–Trinajstić information content (AvgIpc) is 2.34. The number of methoxy groups -OCH3 is 1. The Kier molecular flexibility index (Phi) is 5.84. The molecule has 1 fully saturated rings. The summed E-state index contributed by atoms with van der Waals surface area (Å²) in [6.07, 6.45) is 0. The minimum atomic E-state index is -0.110. The van der Waals surface area contributed by atoms with Crippen LogP contribution in [0.5, 0.6) is 5.75 Å². The molecule has 0 aromatic heterocycles. The van der Waals surface area contributed by atoms with Gasteiger partial charge in [0.2, 0.25) is 5.91 Å². The number of carbonyl (C=O) groups excluding carboxylic acids is 1. The molecule has 0 bridgehead atoms. The second-order valence-corrected chi connectivity index (χ2v) is 5.69. The molecule has 0 saturated carbocycles. The summed E-state index contributed by atoms with van der Waals surface area (Å²) in [5, 5.41) is 6.15. The third-order valence-electron chi connectivity index (χ3n) is 3.71. The molecule has 1 heterocycles. The van der Waals surface area contributed by atoms with Crippen LogP contribution in [0.3, 0.4) is 0 Å². The molecule has 1 aromatic rings. The van der Waals surface area contributed by atoms with Gasteiger partial charge in [0, 0.05) is 25.0 Å². The summed E-state index contributed by atoms with van der Waals surface area (Å²) in [6, 6.07) is 8.00. The van der Waals surface area contributed by atoms with Crippen LogP contribution in [0.4, 0.5) is 0 Å². The maximum Gasteiger partial charge on any atom is 0.225 e. The number of rotatable bonds is 5. The Morgan fingerprint density at radius 2 is 2.15 bits per heavy atom. The van der Waals surface area contributed by atoms with E-state index in [-0.39, 0.29) is 29.6 Å². The Balaban J connectivity index is 0.00000200. The van der Waals surface area contributed by atoms with Crippen molar-refractivity contribution in [3.63, 3.8) is 0 Å². The molecule has 112 valence electrons. The first-order chi connectivity index (χ1) is 9.03. The van der Waals surface area contributed by atoms with Crippen LogP contribution in [0.1, 0.15) is 19.4 Å². The summed E-state index contributed by atoms with van der Waals surface area (Å²) < 4.78 is 5.24. The van der Waals surface area contributed by atoms with Gasteiger partial charge in [-0.3, -0.25) is 4.79 Å². The van der Waals surface area contributed by atoms with Gasteiger partial charge in [0.15, 0.2) is 0 Å². The van der Waals surface area contributed by atoms with Gasteiger partial charge in [-0.1, -0.05) is 26.0 Å². The highest BCUT2D eigenvalue weighted by Crippen LogP contribution is 2.25. The van der Waals surface area contributed by atoms with Gasteiger partial charge in [-0.05, 0) is 17.7 Å². The maximum atomic E-state index is 11.9. The quantitative estimate of drug-likeness (QED) is 0.870. The van der Waals surface area contributed by atoms with E-state index >= 15 is 0 Å². The predicted octanol–water partition coefficient (Wildman–Crippen LogP) is 1.73. The van der Waals surface area contributed by atoms with Crippen molar-refractivity contribution in [3.05, 3.63) is 29.8 Å². The van der Waals surface area contributed by atoms with Crippen molar-refractivity contribution in [1.82, 2.24) is 10.6 Å². The molecule has 1 aliphatic heterocycles. The zero-order valence-electron chi connectivity index (χ0n) is 12.2. The summed E-state index contributed by atoms with van der Waals surface area (Å²) in [5.41, 5.74) is 1.06. The van der Waals surface area contributed by atoms with Crippen LogP contribution in [-0.4, -0.2) is 32.7 Å². The molecule has 2 N–H and O–H groups in total. The maximum absolute atomic E-state index is 11.9. The van der Waals surface area contributed by atoms with Crippen molar-refractivity contribution in [3.8, 4) is 5.75 Å². The van der Waals surface area contributed by atoms with Crippen LogP contribution < -0.4 is 15.4 Å². The Bertz CT molecular complexity index is 459. The van der Waals surface area contributed by atoms with E-state index < -0.39 is 0 Å². The predicted molar refractivity (Wildman–Crippen MR) is 82.6 cm³/mol. The highest BCUT2D eigenvalue weighted by atomic mass is 35.5. The average molecular weight is 299 g/mol. The fourth-order valence-corrected chi connectivity index (χ4v) is 2.07. The standard InChI is InChI=1S/C15H22N2O2.ClH/c1-15(2,10-17-14(18)11-8-16-9-11)12-5-4-6-13(7-12)19-3;/h4-7,11,16H,8-10H2,1-3H3,(H,17,18);1H. The summed E-state index contributed by atoms with van der Waals surface area (Å²) >= 11 is 0. The number of nitrogens with one attached hydrogen (secondary N) is 2. The van der Waals surface area contributed by atoms with Gasteiger partial charge < -0.3 is 15.4 Å². The van der Waals surface area contributed by atoms with E-state index in [4.69, 9.17) is 4.74 Å². The number of halogens is 1. The van der Waals surface area contributed by atoms with E-state index in [0.717, 1.165) is 18.8 Å². The monoisotopic (exact) mass is 298 g/mol. The lowest BCUT2D eigenvalue weighted by Gasteiger charge is -2.30. The number of carbonyl (C=O) groups is 1. The lowest BCUT2D eigenvalue weighted by Crippen LogP contribution is -2.52. The first-order valence-corrected chi connectivity index (χ1v) is 6.66. The van der Waals surface area contributed by atoms with E-state index in [1.807, 2.05) is 18.2 Å².